The third-order valence-electron chi connectivity index (χ3n) is 2.29. The zero-order valence-electron chi connectivity index (χ0n) is 12.6. The molecule has 0 unspecified atom stereocenters. The number of phenolic OH excluding ortho intramolecular Hbond substituents is 2. The van der Waals surface area contributed by atoms with Gasteiger partial charge >= 0.3 is 0 Å². The van der Waals surface area contributed by atoms with Crippen LogP contribution in [0.5, 0.6) is 11.5 Å². The van der Waals surface area contributed by atoms with Crippen LogP contribution in [0.3, 0.4) is 0 Å². The van der Waals surface area contributed by atoms with Gasteiger partial charge in [-0.2, -0.15) is 4.21 Å². The smallest absolute Gasteiger partial charge is 0.299 e. The molecule has 0 aliphatic rings. The van der Waals surface area contributed by atoms with Crippen LogP contribution in [-0.2, 0) is 26.0 Å². The number of benzene rings is 2. The first-order chi connectivity index (χ1) is 10.7. The van der Waals surface area contributed by atoms with E-state index in [1.165, 1.54) is 48.5 Å². The largest absolute Gasteiger partial charge is 0.508 e. The first-order valence-corrected chi connectivity index (χ1v) is 8.20. The molecule has 0 saturated heterocycles. The molecule has 0 aliphatic heterocycles. The van der Waals surface area contributed by atoms with E-state index in [1.54, 1.807) is 0 Å². The maximum Gasteiger partial charge on any atom is 0.299 e. The Labute approximate surface area is 163 Å². The summed E-state index contributed by atoms with van der Waals surface area (Å²) in [5, 5.41) is 18.2. The van der Waals surface area contributed by atoms with E-state index in [9.17, 15) is 8.42 Å². The molecule has 0 amide bonds. The minimum Gasteiger partial charge on any atom is -0.508 e. The zero-order valence-corrected chi connectivity index (χ0v) is 16.2. The van der Waals surface area contributed by atoms with Crippen molar-refractivity contribution in [2.24, 2.45) is 0 Å². The van der Waals surface area contributed by atoms with Crippen molar-refractivity contribution >= 4 is 57.5 Å². The number of phenols is 2. The van der Waals surface area contributed by atoms with Crippen LogP contribution in [0.2, 0.25) is 0 Å². The van der Waals surface area contributed by atoms with E-state index in [-0.39, 0.29) is 50.8 Å². The van der Waals surface area contributed by atoms with Gasteiger partial charge in [-0.1, -0.05) is 0 Å². The minimum atomic E-state index is -3.59. The minimum absolute atomic E-state index is 0. The number of rotatable bonds is 2. The predicted molar refractivity (Wildman–Crippen MR) is 87.9 cm³/mol. The first-order valence-electron chi connectivity index (χ1n) is 5.65. The van der Waals surface area contributed by atoms with E-state index in [1.807, 2.05) is 6.79 Å². The molecule has 11 heteroatoms. The van der Waals surface area contributed by atoms with Crippen molar-refractivity contribution in [1.29, 1.82) is 0 Å². The standard InChI is InChI=1S/C12H10O4S.CH2O.Na.H2O3S/c13-9-1-5-11(6-2-9)17(15,16)12-7-3-10(14)4-8-12;1-2;;1-4(2)3/h1-8,13-14H;1H2;;(H2,1,2,3). The van der Waals surface area contributed by atoms with Gasteiger partial charge in [0.25, 0.3) is 11.4 Å². The van der Waals surface area contributed by atoms with Gasteiger partial charge in [0, 0.05) is 29.6 Å². The molecular weight excluding hydrogens is 371 g/mol. The molecule has 0 saturated carbocycles. The Morgan fingerprint density at radius 1 is 0.750 bits per heavy atom. The van der Waals surface area contributed by atoms with Gasteiger partial charge in [0.1, 0.15) is 18.3 Å². The van der Waals surface area contributed by atoms with Gasteiger partial charge in [0.05, 0.1) is 9.79 Å². The average molecular weight is 385 g/mol. The Morgan fingerprint density at radius 3 is 1.17 bits per heavy atom. The molecule has 24 heavy (non-hydrogen) atoms. The molecule has 2 aromatic carbocycles. The van der Waals surface area contributed by atoms with Crippen LogP contribution >= 0.6 is 0 Å². The van der Waals surface area contributed by atoms with E-state index in [0.29, 0.717) is 0 Å². The topological polar surface area (TPSA) is 149 Å². The number of aromatic hydroxyl groups is 2. The Bertz CT molecular complexity index is 674. The van der Waals surface area contributed by atoms with Crippen molar-refractivity contribution in [1.82, 2.24) is 0 Å². The number of sulfone groups is 1. The fourth-order valence-electron chi connectivity index (χ4n) is 1.39. The summed E-state index contributed by atoms with van der Waals surface area (Å²) in [6, 6.07) is 10.6. The monoisotopic (exact) mass is 385 g/mol. The number of carbonyl (C=O) groups excluding carboxylic acids is 1. The summed E-state index contributed by atoms with van der Waals surface area (Å²) in [5.41, 5.74) is 0. The number of hydrogen-bond acceptors (Lipinski definition) is 6. The SMILES string of the molecule is C=O.O=S(=O)(c1ccc(O)cc1)c1ccc(O)cc1.O=S(O)O.[Na]. The second-order valence-corrected chi connectivity index (χ2v) is 6.13. The maximum absolute atomic E-state index is 12.1. The fourth-order valence-corrected chi connectivity index (χ4v) is 2.65. The van der Waals surface area contributed by atoms with Crippen LogP contribution in [0, 0.1) is 0 Å². The molecule has 2 rings (SSSR count). The van der Waals surface area contributed by atoms with Crippen LogP contribution in [-0.4, -0.2) is 68.3 Å². The van der Waals surface area contributed by atoms with Gasteiger partial charge in [-0.25, -0.2) is 8.42 Å². The Morgan fingerprint density at radius 2 is 0.958 bits per heavy atom. The number of carbonyl (C=O) groups is 1. The van der Waals surface area contributed by atoms with Crippen LogP contribution < -0.4 is 0 Å². The average Bonchev–Trinajstić information content (AvgIpc) is 2.49. The van der Waals surface area contributed by atoms with E-state index in [2.05, 4.69) is 0 Å². The summed E-state index contributed by atoms with van der Waals surface area (Å²) in [5.74, 6) is 0.0179. The summed E-state index contributed by atoms with van der Waals surface area (Å²) in [7, 11) is -3.59. The molecule has 0 fully saturated rings. The van der Waals surface area contributed by atoms with Crippen molar-refractivity contribution in [3.8, 4) is 11.5 Å². The van der Waals surface area contributed by atoms with Crippen LogP contribution in [0.15, 0.2) is 58.3 Å². The summed E-state index contributed by atoms with van der Waals surface area (Å²) in [6.07, 6.45) is 0. The third kappa shape index (κ3) is 8.55. The number of hydrogen-bond donors (Lipinski definition) is 4. The van der Waals surface area contributed by atoms with E-state index >= 15 is 0 Å². The molecule has 0 heterocycles. The summed E-state index contributed by atoms with van der Waals surface area (Å²) in [4.78, 5) is 8.20. The fraction of sp³-hybridized carbons (Fsp3) is 0. The van der Waals surface area contributed by atoms with Crippen molar-refractivity contribution in [3.05, 3.63) is 48.5 Å². The second-order valence-electron chi connectivity index (χ2n) is 3.72. The molecule has 0 spiro atoms. The molecular formula is C13H14NaO8S2. The Balaban J connectivity index is 0. The first kappa shape index (κ1) is 25.0. The molecule has 1 radical (unpaired) electrons. The van der Waals surface area contributed by atoms with E-state index in [4.69, 9.17) is 28.3 Å². The summed E-state index contributed by atoms with van der Waals surface area (Å²) in [6.45, 7) is 2.00. The molecule has 127 valence electrons. The van der Waals surface area contributed by atoms with Crippen LogP contribution in [0.1, 0.15) is 0 Å². The molecule has 0 bridgehead atoms. The maximum atomic E-state index is 12.1. The van der Waals surface area contributed by atoms with Gasteiger partial charge in [-0.3, -0.25) is 9.11 Å². The molecule has 4 N–H and O–H groups in total. The van der Waals surface area contributed by atoms with Crippen molar-refractivity contribution in [3.63, 3.8) is 0 Å². The quantitative estimate of drug-likeness (QED) is 0.443. The molecule has 0 aliphatic carbocycles. The molecule has 2 aromatic rings. The van der Waals surface area contributed by atoms with Crippen LogP contribution in [0.25, 0.3) is 0 Å². The van der Waals surface area contributed by atoms with Gasteiger partial charge in [-0.05, 0) is 48.5 Å². The second kappa shape index (κ2) is 12.1. The normalized spacial score (nSPS) is 9.62. The summed E-state index contributed by atoms with van der Waals surface area (Å²) >= 11 is -2.61. The summed E-state index contributed by atoms with van der Waals surface area (Å²) < 4.78 is 47.0. The van der Waals surface area contributed by atoms with Gasteiger partial charge in [-0.15, -0.1) is 0 Å². The van der Waals surface area contributed by atoms with E-state index in [0.717, 1.165) is 0 Å². The van der Waals surface area contributed by atoms with Crippen molar-refractivity contribution in [2.75, 3.05) is 0 Å². The molecule has 0 aromatic heterocycles. The Hall–Kier alpha value is -1.27. The molecule has 8 nitrogen and oxygen atoms in total. The van der Waals surface area contributed by atoms with Gasteiger partial charge in [0.15, 0.2) is 0 Å². The van der Waals surface area contributed by atoms with Crippen molar-refractivity contribution < 1.29 is 36.7 Å². The zero-order chi connectivity index (χ0) is 18.0. The predicted octanol–water partition coefficient (Wildman–Crippen LogP) is 1.05. The van der Waals surface area contributed by atoms with Gasteiger partial charge in [0.2, 0.25) is 9.84 Å². The van der Waals surface area contributed by atoms with Crippen molar-refractivity contribution in [2.45, 2.75) is 9.79 Å². The van der Waals surface area contributed by atoms with Crippen LogP contribution in [0.4, 0.5) is 0 Å². The molecule has 0 atom stereocenters. The van der Waals surface area contributed by atoms with E-state index < -0.39 is 21.2 Å². The van der Waals surface area contributed by atoms with Gasteiger partial charge < -0.3 is 15.0 Å². The Kier molecular flexibility index (Phi) is 12.6. The third-order valence-corrected chi connectivity index (χ3v) is 4.08.